The summed E-state index contributed by atoms with van der Waals surface area (Å²) in [6, 6.07) is 10.7. The monoisotopic (exact) mass is 444 g/mol. The molecule has 0 aliphatic heterocycles. The van der Waals surface area contributed by atoms with E-state index >= 15 is 0 Å². The van der Waals surface area contributed by atoms with E-state index in [9.17, 15) is 22.4 Å². The van der Waals surface area contributed by atoms with E-state index in [2.05, 4.69) is 0 Å². The minimum absolute atomic E-state index is 0.0318. The lowest BCUT2D eigenvalue weighted by molar-refractivity contribution is 0.297. The van der Waals surface area contributed by atoms with E-state index in [-0.39, 0.29) is 41.1 Å². The van der Waals surface area contributed by atoms with Gasteiger partial charge in [-0.1, -0.05) is 6.07 Å². The van der Waals surface area contributed by atoms with Gasteiger partial charge < -0.3 is 13.9 Å². The molecule has 0 bridgehead atoms. The third-order valence-electron chi connectivity index (χ3n) is 4.93. The van der Waals surface area contributed by atoms with Crippen molar-refractivity contribution in [2.75, 3.05) is 7.11 Å². The second kappa shape index (κ2) is 8.74. The molecule has 0 saturated carbocycles. The number of halogens is 4. The van der Waals surface area contributed by atoms with Crippen LogP contribution in [0, 0.1) is 23.3 Å². The first-order valence-corrected chi connectivity index (χ1v) is 9.50. The van der Waals surface area contributed by atoms with Crippen LogP contribution in [0.1, 0.15) is 16.7 Å². The van der Waals surface area contributed by atoms with E-state index in [0.717, 1.165) is 18.2 Å². The van der Waals surface area contributed by atoms with Gasteiger partial charge in [0.2, 0.25) is 0 Å². The quantitative estimate of drug-likeness (QED) is 0.290. The Labute approximate surface area is 179 Å². The Morgan fingerprint density at radius 1 is 0.844 bits per heavy atom. The molecule has 0 atom stereocenters. The minimum atomic E-state index is -0.838. The van der Waals surface area contributed by atoms with Crippen LogP contribution in [0.5, 0.6) is 11.5 Å². The maximum Gasteiger partial charge on any atom is 0.343 e. The van der Waals surface area contributed by atoms with Crippen LogP contribution >= 0.6 is 0 Å². The molecule has 0 amide bonds. The molecule has 4 rings (SSSR count). The third-order valence-corrected chi connectivity index (χ3v) is 4.93. The Morgan fingerprint density at radius 2 is 1.50 bits per heavy atom. The Morgan fingerprint density at radius 3 is 2.12 bits per heavy atom. The normalized spacial score (nSPS) is 11.0. The van der Waals surface area contributed by atoms with Crippen molar-refractivity contribution in [1.82, 2.24) is 0 Å². The highest BCUT2D eigenvalue weighted by Gasteiger charge is 2.20. The molecule has 32 heavy (non-hydrogen) atoms. The van der Waals surface area contributed by atoms with E-state index in [1.807, 2.05) is 0 Å². The van der Waals surface area contributed by atoms with Crippen LogP contribution in [0.4, 0.5) is 17.6 Å². The molecule has 0 saturated heterocycles. The number of hydrogen-bond donors (Lipinski definition) is 0. The van der Waals surface area contributed by atoms with Gasteiger partial charge in [0.05, 0.1) is 18.1 Å². The van der Waals surface area contributed by atoms with Gasteiger partial charge in [-0.2, -0.15) is 0 Å². The van der Waals surface area contributed by atoms with Gasteiger partial charge in [0.15, 0.2) is 0 Å². The van der Waals surface area contributed by atoms with Crippen LogP contribution < -0.4 is 15.1 Å². The lowest BCUT2D eigenvalue weighted by Crippen LogP contribution is -2.13. The summed E-state index contributed by atoms with van der Waals surface area (Å²) in [5, 5.41) is 0.366. The van der Waals surface area contributed by atoms with Crippen molar-refractivity contribution < 1.29 is 31.5 Å². The molecule has 0 aliphatic carbocycles. The van der Waals surface area contributed by atoms with Gasteiger partial charge in [0, 0.05) is 30.2 Å². The summed E-state index contributed by atoms with van der Waals surface area (Å²) in [4.78, 5) is 12.8. The highest BCUT2D eigenvalue weighted by Crippen LogP contribution is 2.32. The first-order chi connectivity index (χ1) is 15.4. The fourth-order valence-corrected chi connectivity index (χ4v) is 3.28. The minimum Gasteiger partial charge on any atom is -0.497 e. The Hall–Kier alpha value is -3.81. The zero-order valence-electron chi connectivity index (χ0n) is 16.8. The molecule has 0 fully saturated rings. The van der Waals surface area contributed by atoms with Crippen molar-refractivity contribution in [3.8, 4) is 11.5 Å². The predicted molar refractivity (Wildman–Crippen MR) is 109 cm³/mol. The molecule has 0 N–H and O–H groups in total. The first-order valence-electron chi connectivity index (χ1n) is 9.50. The standard InChI is InChI=1S/C24H16F4O4/c1-30-17-6-7-18-22(11-17)32-24(29)19(8-13-2-4-15(25)9-20(13)27)23(18)31-12-14-3-5-16(26)10-21(14)28/h2-7,9-11H,8,12H2,1H3. The van der Waals surface area contributed by atoms with Crippen LogP contribution in [0.2, 0.25) is 0 Å². The van der Waals surface area contributed by atoms with Gasteiger partial charge in [0.25, 0.3) is 0 Å². The SMILES string of the molecule is COc1ccc2c(OCc3ccc(F)cc3F)c(Cc3ccc(F)cc3F)c(=O)oc2c1. The molecular weight excluding hydrogens is 428 g/mol. The summed E-state index contributed by atoms with van der Waals surface area (Å²) < 4.78 is 71.1. The van der Waals surface area contributed by atoms with Crippen LogP contribution in [0.25, 0.3) is 11.0 Å². The van der Waals surface area contributed by atoms with Crippen molar-refractivity contribution >= 4 is 11.0 Å². The molecular formula is C24H16F4O4. The average molecular weight is 444 g/mol. The van der Waals surface area contributed by atoms with Gasteiger partial charge >= 0.3 is 5.63 Å². The van der Waals surface area contributed by atoms with Crippen LogP contribution in [-0.4, -0.2) is 7.11 Å². The molecule has 0 spiro atoms. The zero-order chi connectivity index (χ0) is 22.8. The number of methoxy groups -OCH3 is 1. The summed E-state index contributed by atoms with van der Waals surface area (Å²) >= 11 is 0. The molecule has 0 unspecified atom stereocenters. The average Bonchev–Trinajstić information content (AvgIpc) is 2.75. The largest absolute Gasteiger partial charge is 0.497 e. The fraction of sp³-hybridized carbons (Fsp3) is 0.125. The summed E-state index contributed by atoms with van der Waals surface area (Å²) in [5.74, 6) is -2.68. The van der Waals surface area contributed by atoms with Gasteiger partial charge in [-0.15, -0.1) is 0 Å². The van der Waals surface area contributed by atoms with E-state index in [1.165, 1.54) is 25.3 Å². The summed E-state index contributed by atoms with van der Waals surface area (Å²) in [5.41, 5.74) is -0.586. The fourth-order valence-electron chi connectivity index (χ4n) is 3.28. The zero-order valence-corrected chi connectivity index (χ0v) is 16.8. The molecule has 1 aromatic heterocycles. The lowest BCUT2D eigenvalue weighted by atomic mass is 10.0. The third kappa shape index (κ3) is 4.30. The van der Waals surface area contributed by atoms with Gasteiger partial charge in [0.1, 0.15) is 47.0 Å². The van der Waals surface area contributed by atoms with Crippen molar-refractivity contribution in [3.63, 3.8) is 0 Å². The van der Waals surface area contributed by atoms with Crippen LogP contribution in [0.3, 0.4) is 0 Å². The maximum atomic E-state index is 14.2. The highest BCUT2D eigenvalue weighted by atomic mass is 19.1. The van der Waals surface area contributed by atoms with Crippen molar-refractivity contribution in [3.05, 3.63) is 105 Å². The van der Waals surface area contributed by atoms with E-state index in [0.29, 0.717) is 17.2 Å². The molecule has 1 heterocycles. The van der Waals surface area contributed by atoms with Crippen molar-refractivity contribution in [1.29, 1.82) is 0 Å². The number of benzene rings is 3. The molecule has 164 valence electrons. The number of rotatable bonds is 6. The smallest absolute Gasteiger partial charge is 0.343 e. The summed E-state index contributed by atoms with van der Waals surface area (Å²) in [7, 11) is 1.44. The number of ether oxygens (including phenoxy) is 2. The van der Waals surface area contributed by atoms with Crippen LogP contribution in [0.15, 0.2) is 63.8 Å². The summed E-state index contributed by atoms with van der Waals surface area (Å²) in [6.45, 7) is -0.324. The topological polar surface area (TPSA) is 48.7 Å². The molecule has 0 radical (unpaired) electrons. The van der Waals surface area contributed by atoms with E-state index in [4.69, 9.17) is 13.9 Å². The molecule has 0 aliphatic rings. The summed E-state index contributed by atoms with van der Waals surface area (Å²) in [6.07, 6.45) is -0.252. The van der Waals surface area contributed by atoms with Gasteiger partial charge in [-0.3, -0.25) is 0 Å². The molecule has 4 nitrogen and oxygen atoms in total. The van der Waals surface area contributed by atoms with Crippen molar-refractivity contribution in [2.24, 2.45) is 0 Å². The Kier molecular flexibility index (Phi) is 5.85. The van der Waals surface area contributed by atoms with Gasteiger partial charge in [-0.25, -0.2) is 22.4 Å². The highest BCUT2D eigenvalue weighted by molar-refractivity contribution is 5.85. The second-order valence-electron chi connectivity index (χ2n) is 7.00. The predicted octanol–water partition coefficient (Wildman–Crippen LogP) is 5.53. The lowest BCUT2D eigenvalue weighted by Gasteiger charge is -2.14. The first kappa shape index (κ1) is 21.4. The number of fused-ring (bicyclic) bond motifs is 1. The Balaban J connectivity index is 1.82. The van der Waals surface area contributed by atoms with E-state index in [1.54, 1.807) is 12.1 Å². The maximum absolute atomic E-state index is 14.2. The van der Waals surface area contributed by atoms with Gasteiger partial charge in [-0.05, 0) is 35.9 Å². The van der Waals surface area contributed by atoms with Crippen LogP contribution in [-0.2, 0) is 13.0 Å². The van der Waals surface area contributed by atoms with E-state index < -0.39 is 28.9 Å². The Bertz CT molecular complexity index is 1360. The molecule has 4 aromatic rings. The second-order valence-corrected chi connectivity index (χ2v) is 7.00. The number of hydrogen-bond acceptors (Lipinski definition) is 4. The molecule has 8 heteroatoms. The molecule has 3 aromatic carbocycles. The van der Waals surface area contributed by atoms with Crippen molar-refractivity contribution in [2.45, 2.75) is 13.0 Å².